The molecule has 0 atom stereocenters. The molecule has 2 N–H and O–H groups in total. The Bertz CT molecular complexity index is 1150. The van der Waals surface area contributed by atoms with Crippen LogP contribution in [-0.2, 0) is 17.6 Å². The van der Waals surface area contributed by atoms with E-state index in [1.165, 1.54) is 18.4 Å². The standard InChI is InChI=1S/C22H21N3O4S2/c1-12-16(18(25-29-12)13-8-4-3-5-9-13)19(26)23-22(30)24-20-17(21(27)28-2)14-10-6-7-11-15(14)31-20/h3-5,8-9H,6-7,10-11H2,1-2H3,(H2,23,24,26,30). The highest BCUT2D eigenvalue weighted by Crippen LogP contribution is 2.38. The van der Waals surface area contributed by atoms with Crippen LogP contribution in [0.3, 0.4) is 0 Å². The molecular formula is C22H21N3O4S2. The van der Waals surface area contributed by atoms with Gasteiger partial charge in [-0.2, -0.15) is 0 Å². The molecule has 3 aromatic rings. The highest BCUT2D eigenvalue weighted by atomic mass is 32.1. The van der Waals surface area contributed by atoms with Crippen LogP contribution in [0, 0.1) is 6.92 Å². The Hall–Kier alpha value is -3.04. The molecule has 1 aliphatic rings. The second kappa shape index (κ2) is 8.99. The van der Waals surface area contributed by atoms with Gasteiger partial charge in [-0.3, -0.25) is 10.1 Å². The molecule has 31 heavy (non-hydrogen) atoms. The lowest BCUT2D eigenvalue weighted by atomic mass is 9.95. The van der Waals surface area contributed by atoms with Crippen molar-refractivity contribution in [3.63, 3.8) is 0 Å². The van der Waals surface area contributed by atoms with Gasteiger partial charge in [0.25, 0.3) is 5.91 Å². The van der Waals surface area contributed by atoms with Crippen molar-refractivity contribution in [1.82, 2.24) is 10.5 Å². The van der Waals surface area contributed by atoms with E-state index < -0.39 is 11.9 Å². The summed E-state index contributed by atoms with van der Waals surface area (Å²) in [6, 6.07) is 9.31. The Morgan fingerprint density at radius 1 is 1.16 bits per heavy atom. The van der Waals surface area contributed by atoms with Crippen molar-refractivity contribution in [2.24, 2.45) is 0 Å². The van der Waals surface area contributed by atoms with Gasteiger partial charge in [-0.05, 0) is 50.4 Å². The van der Waals surface area contributed by atoms with Gasteiger partial charge in [0.05, 0.1) is 12.7 Å². The van der Waals surface area contributed by atoms with E-state index in [-0.39, 0.29) is 5.11 Å². The number of carbonyl (C=O) groups excluding carboxylic acids is 2. The smallest absolute Gasteiger partial charge is 0.341 e. The molecule has 2 heterocycles. The normalized spacial score (nSPS) is 12.7. The molecule has 2 aromatic heterocycles. The number of nitrogens with one attached hydrogen (secondary N) is 2. The van der Waals surface area contributed by atoms with Gasteiger partial charge in [-0.1, -0.05) is 35.5 Å². The first kappa shape index (κ1) is 21.2. The molecule has 1 aliphatic carbocycles. The summed E-state index contributed by atoms with van der Waals surface area (Å²) in [6.45, 7) is 1.67. The van der Waals surface area contributed by atoms with Crippen LogP contribution in [0.4, 0.5) is 5.00 Å². The molecular weight excluding hydrogens is 434 g/mol. The number of hydrogen-bond donors (Lipinski definition) is 2. The number of amides is 1. The number of anilines is 1. The maximum absolute atomic E-state index is 13.0. The Morgan fingerprint density at radius 2 is 1.90 bits per heavy atom. The number of nitrogens with zero attached hydrogens (tertiary/aromatic N) is 1. The number of aromatic nitrogens is 1. The fraction of sp³-hybridized carbons (Fsp3) is 0.273. The zero-order valence-electron chi connectivity index (χ0n) is 17.1. The van der Waals surface area contributed by atoms with E-state index in [2.05, 4.69) is 15.8 Å². The number of aryl methyl sites for hydroxylation is 2. The molecule has 0 radical (unpaired) electrons. The summed E-state index contributed by atoms with van der Waals surface area (Å²) in [4.78, 5) is 26.5. The van der Waals surface area contributed by atoms with Crippen molar-refractivity contribution in [3.05, 3.63) is 57.7 Å². The molecule has 160 valence electrons. The fourth-order valence-electron chi connectivity index (χ4n) is 3.70. The van der Waals surface area contributed by atoms with E-state index in [9.17, 15) is 9.59 Å². The lowest BCUT2D eigenvalue weighted by Crippen LogP contribution is -2.34. The van der Waals surface area contributed by atoms with Gasteiger partial charge in [0.2, 0.25) is 0 Å². The first-order valence-electron chi connectivity index (χ1n) is 9.86. The molecule has 1 aromatic carbocycles. The average molecular weight is 456 g/mol. The highest BCUT2D eigenvalue weighted by molar-refractivity contribution is 7.80. The van der Waals surface area contributed by atoms with Crippen molar-refractivity contribution < 1.29 is 18.8 Å². The number of carbonyl (C=O) groups is 2. The number of methoxy groups -OCH3 is 1. The van der Waals surface area contributed by atoms with Crippen LogP contribution in [0.1, 0.15) is 49.8 Å². The second-order valence-electron chi connectivity index (χ2n) is 7.14. The van der Waals surface area contributed by atoms with Crippen molar-refractivity contribution in [2.45, 2.75) is 32.6 Å². The summed E-state index contributed by atoms with van der Waals surface area (Å²) >= 11 is 6.85. The molecule has 0 aliphatic heterocycles. The maximum Gasteiger partial charge on any atom is 0.341 e. The van der Waals surface area contributed by atoms with Crippen LogP contribution in [-0.4, -0.2) is 29.3 Å². The lowest BCUT2D eigenvalue weighted by molar-refractivity contribution is 0.0601. The molecule has 9 heteroatoms. The Morgan fingerprint density at radius 3 is 2.65 bits per heavy atom. The predicted octanol–water partition coefficient (Wildman–Crippen LogP) is 4.50. The van der Waals surface area contributed by atoms with E-state index in [0.717, 1.165) is 41.7 Å². The highest BCUT2D eigenvalue weighted by Gasteiger charge is 2.27. The van der Waals surface area contributed by atoms with Crippen molar-refractivity contribution in [1.29, 1.82) is 0 Å². The van der Waals surface area contributed by atoms with Crippen LogP contribution >= 0.6 is 23.6 Å². The SMILES string of the molecule is COC(=O)c1c(NC(=S)NC(=O)c2c(-c3ccccc3)noc2C)sc2c1CCCC2. The van der Waals surface area contributed by atoms with Gasteiger partial charge in [0.15, 0.2) is 5.11 Å². The molecule has 0 fully saturated rings. The first-order chi connectivity index (χ1) is 15.0. The summed E-state index contributed by atoms with van der Waals surface area (Å²) in [5.74, 6) is -0.450. The summed E-state index contributed by atoms with van der Waals surface area (Å²) in [5, 5.41) is 10.4. The molecule has 1 amide bonds. The van der Waals surface area contributed by atoms with E-state index in [4.69, 9.17) is 21.5 Å². The number of rotatable bonds is 4. The molecule has 0 spiro atoms. The summed E-state index contributed by atoms with van der Waals surface area (Å²) in [7, 11) is 1.36. The third-order valence-electron chi connectivity index (χ3n) is 5.15. The van der Waals surface area contributed by atoms with Crippen molar-refractivity contribution in [3.8, 4) is 11.3 Å². The number of thiocarbonyl (C=S) groups is 1. The minimum absolute atomic E-state index is 0.0911. The average Bonchev–Trinajstić information content (AvgIpc) is 3.33. The molecule has 0 saturated heterocycles. The number of fused-ring (bicyclic) bond motifs is 1. The minimum atomic E-state index is -0.434. The van der Waals surface area contributed by atoms with E-state index in [1.807, 2.05) is 30.3 Å². The monoisotopic (exact) mass is 455 g/mol. The first-order valence-corrected chi connectivity index (χ1v) is 11.1. The quantitative estimate of drug-likeness (QED) is 0.442. The zero-order chi connectivity index (χ0) is 22.0. The van der Waals surface area contributed by atoms with Crippen LogP contribution in [0.25, 0.3) is 11.3 Å². The summed E-state index contributed by atoms with van der Waals surface area (Å²) in [5.41, 5.74) is 3.04. The van der Waals surface area contributed by atoms with Gasteiger partial charge in [0, 0.05) is 10.4 Å². The number of ether oxygens (including phenoxy) is 1. The van der Waals surface area contributed by atoms with Gasteiger partial charge in [-0.25, -0.2) is 4.79 Å². The van der Waals surface area contributed by atoms with Crippen LogP contribution < -0.4 is 10.6 Å². The second-order valence-corrected chi connectivity index (χ2v) is 8.66. The zero-order valence-corrected chi connectivity index (χ0v) is 18.7. The molecule has 0 bridgehead atoms. The Labute approximate surface area is 188 Å². The van der Waals surface area contributed by atoms with E-state index in [1.54, 1.807) is 6.92 Å². The van der Waals surface area contributed by atoms with Gasteiger partial charge < -0.3 is 14.6 Å². The summed E-state index contributed by atoms with van der Waals surface area (Å²) < 4.78 is 10.2. The van der Waals surface area contributed by atoms with E-state index in [0.29, 0.717) is 27.6 Å². The largest absolute Gasteiger partial charge is 0.465 e. The van der Waals surface area contributed by atoms with E-state index >= 15 is 0 Å². The third-order valence-corrected chi connectivity index (χ3v) is 6.56. The number of hydrogen-bond acceptors (Lipinski definition) is 7. The van der Waals surface area contributed by atoms with Gasteiger partial charge >= 0.3 is 5.97 Å². The Balaban J connectivity index is 1.56. The molecule has 4 rings (SSSR count). The maximum atomic E-state index is 13.0. The number of benzene rings is 1. The van der Waals surface area contributed by atoms with Crippen molar-refractivity contribution in [2.75, 3.05) is 12.4 Å². The lowest BCUT2D eigenvalue weighted by Gasteiger charge is -2.12. The van der Waals surface area contributed by atoms with Crippen molar-refractivity contribution >= 4 is 45.5 Å². The molecule has 0 saturated carbocycles. The molecule has 7 nitrogen and oxygen atoms in total. The van der Waals surface area contributed by atoms with Gasteiger partial charge in [0.1, 0.15) is 22.0 Å². The number of thiophene rings is 1. The third kappa shape index (κ3) is 4.24. The number of esters is 1. The van der Waals surface area contributed by atoms with Gasteiger partial charge in [-0.15, -0.1) is 11.3 Å². The minimum Gasteiger partial charge on any atom is -0.465 e. The molecule has 0 unspecified atom stereocenters. The van der Waals surface area contributed by atoms with Crippen LogP contribution in [0.2, 0.25) is 0 Å². The fourth-order valence-corrected chi connectivity index (χ4v) is 5.25. The topological polar surface area (TPSA) is 93.5 Å². The Kier molecular flexibility index (Phi) is 6.15. The van der Waals surface area contributed by atoms with Crippen LogP contribution in [0.15, 0.2) is 34.9 Å². The van der Waals surface area contributed by atoms with Crippen LogP contribution in [0.5, 0.6) is 0 Å². The summed E-state index contributed by atoms with van der Waals surface area (Å²) in [6.07, 6.45) is 3.87. The predicted molar refractivity (Wildman–Crippen MR) is 123 cm³/mol.